The van der Waals surface area contributed by atoms with E-state index in [-0.39, 0.29) is 0 Å². The quantitative estimate of drug-likeness (QED) is 0.693. The first-order chi connectivity index (χ1) is 5.57. The average Bonchev–Trinajstić information content (AvgIpc) is 2.02. The summed E-state index contributed by atoms with van der Waals surface area (Å²) in [6.07, 6.45) is 4.06. The van der Waals surface area contributed by atoms with Gasteiger partial charge in [-0.25, -0.2) is 0 Å². The van der Waals surface area contributed by atoms with Crippen LogP contribution in [0.25, 0.3) is 6.08 Å². The summed E-state index contributed by atoms with van der Waals surface area (Å²) in [4.78, 5) is 0. The van der Waals surface area contributed by atoms with E-state index < -0.39 is 0 Å². The summed E-state index contributed by atoms with van der Waals surface area (Å²) in [5, 5.41) is 0. The Morgan fingerprint density at radius 3 is 2.50 bits per heavy atom. The van der Waals surface area contributed by atoms with Crippen molar-refractivity contribution in [3.63, 3.8) is 0 Å². The lowest BCUT2D eigenvalue weighted by Crippen LogP contribution is -2.25. The molecule has 1 aromatic rings. The number of hydrogen-bond donors (Lipinski definition) is 0. The number of aryl methyl sites for hydroxylation is 1. The summed E-state index contributed by atoms with van der Waals surface area (Å²) >= 11 is 2.28. The lowest BCUT2D eigenvalue weighted by atomic mass is 10.0. The van der Waals surface area contributed by atoms with E-state index in [1.165, 1.54) is 22.4 Å². The summed E-state index contributed by atoms with van der Waals surface area (Å²) < 4.78 is 2.11. The first kappa shape index (κ1) is 9.71. The van der Waals surface area contributed by atoms with Crippen molar-refractivity contribution < 1.29 is 2.78 Å². The van der Waals surface area contributed by atoms with Gasteiger partial charge in [-0.05, 0) is 19.4 Å². The SMILES string of the molecule is C=Cc1c(C)c(C)c[n+](I)c1C. The van der Waals surface area contributed by atoms with Gasteiger partial charge in [-0.1, -0.05) is 12.7 Å². The molecule has 2 heteroatoms. The minimum atomic E-state index is 1.25. The molecule has 0 spiro atoms. The largest absolute Gasteiger partial charge is 0.354 e. The minimum Gasteiger partial charge on any atom is -0.140 e. The molecule has 0 fully saturated rings. The molecule has 0 amide bonds. The highest BCUT2D eigenvalue weighted by Gasteiger charge is 2.12. The Kier molecular flexibility index (Phi) is 2.88. The average molecular weight is 274 g/mol. The summed E-state index contributed by atoms with van der Waals surface area (Å²) in [6, 6.07) is 0. The fourth-order valence-electron chi connectivity index (χ4n) is 1.26. The molecule has 12 heavy (non-hydrogen) atoms. The van der Waals surface area contributed by atoms with Crippen LogP contribution in [0, 0.1) is 20.8 Å². The van der Waals surface area contributed by atoms with E-state index >= 15 is 0 Å². The third-order valence-corrected chi connectivity index (χ3v) is 3.22. The molecule has 0 N–H and O–H groups in total. The van der Waals surface area contributed by atoms with Gasteiger partial charge in [0.1, 0.15) is 0 Å². The molecule has 0 bridgehead atoms. The second-order valence-corrected chi connectivity index (χ2v) is 3.99. The Bertz CT molecular complexity index is 303. The van der Waals surface area contributed by atoms with Crippen LogP contribution in [0.2, 0.25) is 0 Å². The standard InChI is InChI=1S/C10H13IN/c1-5-10-8(3)7(2)6-12(11)9(10)4/h5-6H,1H2,2-4H3/q+1. The number of nitrogens with zero attached hydrogens (tertiary/aromatic N) is 1. The Morgan fingerprint density at radius 1 is 1.42 bits per heavy atom. The second-order valence-electron chi connectivity index (χ2n) is 2.95. The molecule has 64 valence electrons. The highest BCUT2D eigenvalue weighted by molar-refractivity contribution is 14.1. The van der Waals surface area contributed by atoms with Crippen molar-refractivity contribution in [2.75, 3.05) is 0 Å². The molecule has 0 aromatic carbocycles. The molecule has 1 heterocycles. The molecule has 1 aromatic heterocycles. The van der Waals surface area contributed by atoms with Gasteiger partial charge in [0.15, 0.2) is 11.9 Å². The van der Waals surface area contributed by atoms with Crippen LogP contribution in [-0.2, 0) is 0 Å². The Balaban J connectivity index is 3.52. The van der Waals surface area contributed by atoms with Crippen LogP contribution in [0.4, 0.5) is 0 Å². The zero-order chi connectivity index (χ0) is 9.30. The third-order valence-electron chi connectivity index (χ3n) is 2.22. The van der Waals surface area contributed by atoms with Gasteiger partial charge in [-0.15, -0.1) is 2.78 Å². The molecule has 1 nitrogen and oxygen atoms in total. The highest BCUT2D eigenvalue weighted by atomic mass is 127. The molecular weight excluding hydrogens is 261 g/mol. The van der Waals surface area contributed by atoms with E-state index in [1.54, 1.807) is 0 Å². The number of hydrogen-bond acceptors (Lipinski definition) is 0. The molecule has 0 aliphatic carbocycles. The molecule has 0 unspecified atom stereocenters. The Labute approximate surface area is 87.6 Å². The molecule has 0 aliphatic rings. The van der Waals surface area contributed by atoms with Crippen molar-refractivity contribution in [2.45, 2.75) is 20.8 Å². The minimum absolute atomic E-state index is 1.25. The zero-order valence-electron chi connectivity index (χ0n) is 7.69. The van der Waals surface area contributed by atoms with Crippen molar-refractivity contribution in [3.8, 4) is 0 Å². The molecule has 0 radical (unpaired) electrons. The van der Waals surface area contributed by atoms with Crippen LogP contribution in [0.15, 0.2) is 12.8 Å². The van der Waals surface area contributed by atoms with Crippen molar-refractivity contribution in [1.29, 1.82) is 0 Å². The number of rotatable bonds is 1. The number of pyridine rings is 1. The predicted octanol–water partition coefficient (Wildman–Crippen LogP) is 2.74. The van der Waals surface area contributed by atoms with Crippen LogP contribution < -0.4 is 2.78 Å². The lowest BCUT2D eigenvalue weighted by molar-refractivity contribution is -0.449. The molecule has 1 rings (SSSR count). The van der Waals surface area contributed by atoms with E-state index in [4.69, 9.17) is 0 Å². The van der Waals surface area contributed by atoms with Crippen LogP contribution in [0.3, 0.4) is 0 Å². The predicted molar refractivity (Wildman–Crippen MR) is 60.4 cm³/mol. The van der Waals surface area contributed by atoms with Crippen molar-refractivity contribution in [3.05, 3.63) is 35.2 Å². The van der Waals surface area contributed by atoms with E-state index in [2.05, 4.69) is 59.2 Å². The third kappa shape index (κ3) is 1.53. The smallest absolute Gasteiger partial charge is 0.140 e. The zero-order valence-corrected chi connectivity index (χ0v) is 9.84. The summed E-state index contributed by atoms with van der Waals surface area (Å²) in [6.45, 7) is 10.2. The fourth-order valence-corrected chi connectivity index (χ4v) is 1.94. The van der Waals surface area contributed by atoms with Crippen molar-refractivity contribution in [1.82, 2.24) is 0 Å². The maximum Gasteiger partial charge on any atom is 0.354 e. The van der Waals surface area contributed by atoms with Gasteiger partial charge < -0.3 is 0 Å². The van der Waals surface area contributed by atoms with Crippen LogP contribution in [-0.4, -0.2) is 0 Å². The van der Waals surface area contributed by atoms with Gasteiger partial charge in [0.2, 0.25) is 0 Å². The Morgan fingerprint density at radius 2 is 2.00 bits per heavy atom. The first-order valence-corrected chi connectivity index (χ1v) is 4.85. The monoisotopic (exact) mass is 274 g/mol. The summed E-state index contributed by atoms with van der Waals surface area (Å²) in [5.41, 5.74) is 5.15. The van der Waals surface area contributed by atoms with Gasteiger partial charge in [0.05, 0.1) is 0 Å². The van der Waals surface area contributed by atoms with Crippen molar-refractivity contribution >= 4 is 28.9 Å². The Hall–Kier alpha value is -0.380. The van der Waals surface area contributed by atoms with E-state index in [9.17, 15) is 0 Å². The van der Waals surface area contributed by atoms with Crippen molar-refractivity contribution in [2.24, 2.45) is 0 Å². The van der Waals surface area contributed by atoms with Gasteiger partial charge >= 0.3 is 22.9 Å². The maximum absolute atomic E-state index is 3.82. The van der Waals surface area contributed by atoms with E-state index in [0.717, 1.165) is 0 Å². The normalized spacial score (nSPS) is 10.0. The second kappa shape index (κ2) is 3.56. The van der Waals surface area contributed by atoms with Gasteiger partial charge in [0, 0.05) is 18.1 Å². The molecule has 0 aliphatic heterocycles. The molecule has 0 saturated heterocycles. The van der Waals surface area contributed by atoms with Crippen LogP contribution in [0.5, 0.6) is 0 Å². The molecule has 0 atom stereocenters. The number of aromatic nitrogens is 1. The van der Waals surface area contributed by atoms with E-state index in [1.807, 2.05) is 6.08 Å². The maximum atomic E-state index is 3.82. The molecule has 0 saturated carbocycles. The fraction of sp³-hybridized carbons (Fsp3) is 0.300. The lowest BCUT2D eigenvalue weighted by Gasteiger charge is -2.04. The van der Waals surface area contributed by atoms with Gasteiger partial charge in [-0.3, -0.25) is 0 Å². The summed E-state index contributed by atoms with van der Waals surface area (Å²) in [7, 11) is 0. The van der Waals surface area contributed by atoms with E-state index in [0.29, 0.717) is 0 Å². The van der Waals surface area contributed by atoms with Crippen LogP contribution >= 0.6 is 22.9 Å². The van der Waals surface area contributed by atoms with Gasteiger partial charge in [-0.2, -0.15) is 0 Å². The highest BCUT2D eigenvalue weighted by Crippen LogP contribution is 2.15. The summed E-state index contributed by atoms with van der Waals surface area (Å²) in [5.74, 6) is 0. The van der Waals surface area contributed by atoms with Gasteiger partial charge in [0.25, 0.3) is 0 Å². The number of halogens is 1. The first-order valence-electron chi connectivity index (χ1n) is 3.89. The molecular formula is C10H13IN+. The topological polar surface area (TPSA) is 3.88 Å². The van der Waals surface area contributed by atoms with Crippen LogP contribution in [0.1, 0.15) is 22.4 Å².